The number of carbonyl (C=O) groups is 2. The van der Waals surface area contributed by atoms with E-state index in [1.54, 1.807) is 38.2 Å². The van der Waals surface area contributed by atoms with E-state index in [1.807, 2.05) is 17.9 Å². The lowest BCUT2D eigenvalue weighted by Crippen LogP contribution is -2.35. The zero-order valence-corrected chi connectivity index (χ0v) is 23.7. The van der Waals surface area contributed by atoms with Crippen LogP contribution in [0, 0.1) is 12.8 Å². The van der Waals surface area contributed by atoms with Gasteiger partial charge in [-0.1, -0.05) is 24.3 Å². The summed E-state index contributed by atoms with van der Waals surface area (Å²) in [6.07, 6.45) is 2.20. The van der Waals surface area contributed by atoms with Gasteiger partial charge in [-0.25, -0.2) is 18.4 Å². The van der Waals surface area contributed by atoms with Gasteiger partial charge in [0.1, 0.15) is 11.6 Å². The lowest BCUT2D eigenvalue weighted by molar-refractivity contribution is -0.116. The second-order valence-corrected chi connectivity index (χ2v) is 13.2. The monoisotopic (exact) mass is 553 g/mol. The Morgan fingerprint density at radius 3 is 2.66 bits per heavy atom. The van der Waals surface area contributed by atoms with Gasteiger partial charge >= 0.3 is 0 Å². The van der Waals surface area contributed by atoms with Gasteiger partial charge in [0.05, 0.1) is 26.8 Å². The molecule has 5 rings (SSSR count). The van der Waals surface area contributed by atoms with Crippen LogP contribution in [0.4, 0.5) is 16.8 Å². The Labute approximate surface area is 226 Å². The molecule has 2 aliphatic rings. The molecule has 1 aliphatic carbocycles. The highest BCUT2D eigenvalue weighted by Gasteiger charge is 2.41. The molecule has 3 aromatic rings. The van der Waals surface area contributed by atoms with Gasteiger partial charge in [0.25, 0.3) is 5.91 Å². The summed E-state index contributed by atoms with van der Waals surface area (Å²) in [5, 5.41) is 3.79. The Morgan fingerprint density at radius 2 is 2.00 bits per heavy atom. The SMILES string of the molecule is CCS(=O)(=O)c1cc(-c2sc(Nc3cccc(N(C)C(C)=O)n3)nc2C)cc2c1C(=O)N([C@@H](C)C1CC1)C2. The van der Waals surface area contributed by atoms with Crippen LogP contribution in [0.5, 0.6) is 0 Å². The lowest BCUT2D eigenvalue weighted by Gasteiger charge is -2.24. The second-order valence-electron chi connectivity index (χ2n) is 9.94. The van der Waals surface area contributed by atoms with Crippen molar-refractivity contribution in [2.24, 2.45) is 5.92 Å². The van der Waals surface area contributed by atoms with Gasteiger partial charge in [-0.3, -0.25) is 9.59 Å². The first-order valence-corrected chi connectivity index (χ1v) is 15.1. The highest BCUT2D eigenvalue weighted by atomic mass is 32.2. The van der Waals surface area contributed by atoms with E-state index in [2.05, 4.69) is 22.2 Å². The molecule has 2 amide bonds. The van der Waals surface area contributed by atoms with E-state index < -0.39 is 9.84 Å². The number of pyridine rings is 1. The summed E-state index contributed by atoms with van der Waals surface area (Å²) in [5.74, 6) is 1.13. The minimum absolute atomic E-state index is 0.0838. The van der Waals surface area contributed by atoms with Gasteiger partial charge in [0, 0.05) is 26.6 Å². The topological polar surface area (TPSA) is 113 Å². The fourth-order valence-corrected chi connectivity index (χ4v) is 6.91. The van der Waals surface area contributed by atoms with Crippen LogP contribution in [0.3, 0.4) is 0 Å². The Hall–Kier alpha value is -3.31. The first-order valence-electron chi connectivity index (χ1n) is 12.7. The number of thiazole rings is 1. The number of fused-ring (bicyclic) bond motifs is 1. The maximum absolute atomic E-state index is 13.4. The first kappa shape index (κ1) is 26.3. The maximum Gasteiger partial charge on any atom is 0.256 e. The summed E-state index contributed by atoms with van der Waals surface area (Å²) < 4.78 is 26.3. The molecular weight excluding hydrogens is 522 g/mol. The molecule has 0 bridgehead atoms. The van der Waals surface area contributed by atoms with Gasteiger partial charge in [-0.05, 0) is 68.0 Å². The quantitative estimate of drug-likeness (QED) is 0.427. The van der Waals surface area contributed by atoms with Crippen molar-refractivity contribution in [2.45, 2.75) is 58.0 Å². The van der Waals surface area contributed by atoms with E-state index in [0.717, 1.165) is 34.5 Å². The Balaban J connectivity index is 1.51. The normalized spacial score (nSPS) is 15.9. The van der Waals surface area contributed by atoms with E-state index in [4.69, 9.17) is 0 Å². The van der Waals surface area contributed by atoms with Crippen LogP contribution in [0.15, 0.2) is 35.2 Å². The van der Waals surface area contributed by atoms with Crippen LogP contribution < -0.4 is 10.2 Å². The third kappa shape index (κ3) is 4.80. The Kier molecular flexibility index (Phi) is 6.77. The molecule has 38 heavy (non-hydrogen) atoms. The number of rotatable bonds is 8. The van der Waals surface area contributed by atoms with Gasteiger partial charge < -0.3 is 15.1 Å². The van der Waals surface area contributed by atoms with Crippen molar-refractivity contribution < 1.29 is 18.0 Å². The van der Waals surface area contributed by atoms with Crippen molar-refractivity contribution in [1.29, 1.82) is 0 Å². The Bertz CT molecular complexity index is 1540. The van der Waals surface area contributed by atoms with E-state index >= 15 is 0 Å². The predicted molar refractivity (Wildman–Crippen MR) is 149 cm³/mol. The number of sulfone groups is 1. The van der Waals surface area contributed by atoms with E-state index in [-0.39, 0.29) is 28.5 Å². The predicted octanol–water partition coefficient (Wildman–Crippen LogP) is 4.79. The highest BCUT2D eigenvalue weighted by molar-refractivity contribution is 7.91. The number of nitrogens with zero attached hydrogens (tertiary/aromatic N) is 4. The molecule has 1 aliphatic heterocycles. The van der Waals surface area contributed by atoms with Gasteiger partial charge in [-0.2, -0.15) is 0 Å². The standard InChI is InChI=1S/C27H31N5O4S2/c1-6-38(35,36)21-13-19(12-20-14-32(26(34)24(20)21)16(3)18-10-11-18)25-15(2)28-27(37-25)30-22-8-7-9-23(29-22)31(5)17(4)33/h7-9,12-13,16,18H,6,10-11,14H2,1-5H3,(H,28,29,30)/t16-/m0/s1. The molecule has 1 saturated carbocycles. The van der Waals surface area contributed by atoms with E-state index in [1.165, 1.54) is 23.2 Å². The van der Waals surface area contributed by atoms with Crippen LogP contribution in [0.2, 0.25) is 0 Å². The number of amides is 2. The molecule has 9 nitrogen and oxygen atoms in total. The second kappa shape index (κ2) is 9.77. The van der Waals surface area contributed by atoms with Crippen LogP contribution in [0.25, 0.3) is 10.4 Å². The average Bonchev–Trinajstić information content (AvgIpc) is 3.60. The zero-order chi connectivity index (χ0) is 27.4. The molecule has 1 aromatic carbocycles. The number of nitrogens with one attached hydrogen (secondary N) is 1. The summed E-state index contributed by atoms with van der Waals surface area (Å²) in [7, 11) is -1.98. The number of carbonyl (C=O) groups excluding carboxylic acids is 2. The number of anilines is 3. The van der Waals surface area contributed by atoms with E-state index in [9.17, 15) is 18.0 Å². The molecule has 11 heteroatoms. The summed E-state index contributed by atoms with van der Waals surface area (Å²) in [5.41, 5.74) is 2.53. The van der Waals surface area contributed by atoms with Crippen molar-refractivity contribution in [1.82, 2.24) is 14.9 Å². The largest absolute Gasteiger partial charge is 0.331 e. The Morgan fingerprint density at radius 1 is 1.26 bits per heavy atom. The van der Waals surface area contributed by atoms with Crippen molar-refractivity contribution in [3.8, 4) is 10.4 Å². The van der Waals surface area contributed by atoms with E-state index in [0.29, 0.717) is 34.8 Å². The number of aromatic nitrogens is 2. The van der Waals surface area contributed by atoms with Gasteiger partial charge in [0.2, 0.25) is 5.91 Å². The summed E-state index contributed by atoms with van der Waals surface area (Å²) in [6, 6.07) is 9.00. The fraction of sp³-hybridized carbons (Fsp3) is 0.407. The summed E-state index contributed by atoms with van der Waals surface area (Å²) in [4.78, 5) is 38.5. The maximum atomic E-state index is 13.4. The molecule has 200 valence electrons. The molecule has 0 unspecified atom stereocenters. The third-order valence-corrected chi connectivity index (χ3v) is 10.2. The molecule has 1 fully saturated rings. The average molecular weight is 554 g/mol. The van der Waals surface area contributed by atoms with Crippen molar-refractivity contribution in [3.05, 3.63) is 47.2 Å². The van der Waals surface area contributed by atoms with Crippen molar-refractivity contribution in [3.63, 3.8) is 0 Å². The highest BCUT2D eigenvalue weighted by Crippen LogP contribution is 2.42. The molecule has 0 spiro atoms. The van der Waals surface area contributed by atoms with Crippen LogP contribution in [-0.2, 0) is 21.2 Å². The smallest absolute Gasteiger partial charge is 0.256 e. The molecule has 1 atom stereocenters. The van der Waals surface area contributed by atoms with Crippen molar-refractivity contribution >= 4 is 49.8 Å². The molecule has 2 aromatic heterocycles. The first-order chi connectivity index (χ1) is 18.0. The number of benzene rings is 1. The minimum Gasteiger partial charge on any atom is -0.331 e. The molecular formula is C27H31N5O4S2. The minimum atomic E-state index is -3.64. The third-order valence-electron chi connectivity index (χ3n) is 7.35. The van der Waals surface area contributed by atoms with Crippen LogP contribution >= 0.6 is 11.3 Å². The summed E-state index contributed by atoms with van der Waals surface area (Å²) in [6.45, 7) is 7.41. The molecule has 3 heterocycles. The number of aryl methyl sites for hydroxylation is 1. The zero-order valence-electron chi connectivity index (χ0n) is 22.1. The lowest BCUT2D eigenvalue weighted by atomic mass is 10.0. The van der Waals surface area contributed by atoms with Crippen molar-refractivity contribution in [2.75, 3.05) is 23.0 Å². The van der Waals surface area contributed by atoms with Gasteiger partial charge in [-0.15, -0.1) is 0 Å². The molecule has 0 saturated heterocycles. The number of hydrogen-bond acceptors (Lipinski definition) is 8. The van der Waals surface area contributed by atoms with Crippen LogP contribution in [-0.4, -0.2) is 53.9 Å². The molecule has 0 radical (unpaired) electrons. The number of hydrogen-bond donors (Lipinski definition) is 1. The molecule has 1 N–H and O–H groups in total. The summed E-state index contributed by atoms with van der Waals surface area (Å²) >= 11 is 1.39. The fourth-order valence-electron chi connectivity index (χ4n) is 4.80. The van der Waals surface area contributed by atoms with Gasteiger partial charge in [0.15, 0.2) is 15.0 Å². The van der Waals surface area contributed by atoms with Crippen LogP contribution in [0.1, 0.15) is 55.2 Å².